The summed E-state index contributed by atoms with van der Waals surface area (Å²) in [6.07, 6.45) is -0.654. The summed E-state index contributed by atoms with van der Waals surface area (Å²) in [7, 11) is 0. The molecule has 0 radical (unpaired) electrons. The van der Waals surface area contributed by atoms with Gasteiger partial charge in [0.2, 0.25) is 5.91 Å². The van der Waals surface area contributed by atoms with Crippen LogP contribution in [0.15, 0.2) is 35.3 Å². The van der Waals surface area contributed by atoms with Crippen LogP contribution in [0.5, 0.6) is 0 Å². The van der Waals surface area contributed by atoms with Gasteiger partial charge in [0, 0.05) is 12.0 Å². The van der Waals surface area contributed by atoms with Crippen LogP contribution in [-0.2, 0) is 14.3 Å². The number of hydrogen-bond acceptors (Lipinski definition) is 5. The van der Waals surface area contributed by atoms with Crippen molar-refractivity contribution >= 4 is 23.7 Å². The summed E-state index contributed by atoms with van der Waals surface area (Å²) in [5, 5.41) is 2.75. The van der Waals surface area contributed by atoms with Crippen LogP contribution in [0.25, 0.3) is 0 Å². The lowest BCUT2D eigenvalue weighted by atomic mass is 9.96. The number of primary amides is 1. The number of rotatable bonds is 2. The molecule has 2 aliphatic rings. The summed E-state index contributed by atoms with van der Waals surface area (Å²) in [4.78, 5) is 42.7. The molecular weight excluding hydrogens is 336 g/mol. The molecule has 1 fully saturated rings. The molecule has 2 aliphatic heterocycles. The molecule has 1 spiro atoms. The number of aliphatic imine (C=N–C) groups is 1. The average Bonchev–Trinajstić information content (AvgIpc) is 3.09. The van der Waals surface area contributed by atoms with Gasteiger partial charge in [-0.05, 0) is 20.8 Å². The predicted octanol–water partition coefficient (Wildman–Crippen LogP) is 0.796. The second-order valence-electron chi connectivity index (χ2n) is 7.54. The van der Waals surface area contributed by atoms with Crippen molar-refractivity contribution in [2.45, 2.75) is 44.4 Å². The summed E-state index contributed by atoms with van der Waals surface area (Å²) in [6.45, 7) is 5.12. The van der Waals surface area contributed by atoms with Gasteiger partial charge in [0.05, 0.1) is 6.54 Å². The molecule has 0 aliphatic carbocycles. The Morgan fingerprint density at radius 2 is 1.96 bits per heavy atom. The fraction of sp³-hybridized carbons (Fsp3) is 0.444. The minimum atomic E-state index is -1.23. The molecule has 0 unspecified atom stereocenters. The van der Waals surface area contributed by atoms with Gasteiger partial charge in [-0.15, -0.1) is 0 Å². The third-order valence-corrected chi connectivity index (χ3v) is 4.32. The summed E-state index contributed by atoms with van der Waals surface area (Å²) < 4.78 is 5.35. The van der Waals surface area contributed by atoms with Crippen LogP contribution < -0.4 is 11.1 Å². The number of nitrogens with two attached hydrogens (primary N) is 1. The van der Waals surface area contributed by atoms with Crippen molar-refractivity contribution in [3.05, 3.63) is 35.9 Å². The molecule has 138 valence electrons. The maximum absolute atomic E-state index is 12.6. The highest BCUT2D eigenvalue weighted by Gasteiger charge is 2.56. The van der Waals surface area contributed by atoms with E-state index in [-0.39, 0.29) is 18.9 Å². The number of likely N-dealkylation sites (tertiary alicyclic amines) is 1. The van der Waals surface area contributed by atoms with E-state index in [2.05, 4.69) is 10.3 Å². The maximum Gasteiger partial charge on any atom is 0.411 e. The van der Waals surface area contributed by atoms with E-state index in [1.54, 1.807) is 20.8 Å². The van der Waals surface area contributed by atoms with Crippen LogP contribution in [-0.4, -0.2) is 52.4 Å². The molecule has 3 rings (SSSR count). The van der Waals surface area contributed by atoms with Crippen molar-refractivity contribution in [3.8, 4) is 0 Å². The Morgan fingerprint density at radius 3 is 2.54 bits per heavy atom. The van der Waals surface area contributed by atoms with Gasteiger partial charge in [-0.3, -0.25) is 14.5 Å². The van der Waals surface area contributed by atoms with Gasteiger partial charge in [0.1, 0.15) is 17.5 Å². The molecule has 2 heterocycles. The van der Waals surface area contributed by atoms with E-state index in [9.17, 15) is 14.4 Å². The summed E-state index contributed by atoms with van der Waals surface area (Å²) in [5.41, 5.74) is 4.25. The van der Waals surface area contributed by atoms with Crippen LogP contribution in [0.4, 0.5) is 4.79 Å². The van der Waals surface area contributed by atoms with Crippen molar-refractivity contribution in [3.63, 3.8) is 0 Å². The molecule has 8 heteroatoms. The molecule has 8 nitrogen and oxygen atoms in total. The predicted molar refractivity (Wildman–Crippen MR) is 94.4 cm³/mol. The van der Waals surface area contributed by atoms with Crippen molar-refractivity contribution in [1.29, 1.82) is 0 Å². The smallest absolute Gasteiger partial charge is 0.411 e. The number of amidine groups is 1. The lowest BCUT2D eigenvalue weighted by Gasteiger charge is -2.27. The summed E-state index contributed by atoms with van der Waals surface area (Å²) in [6, 6.07) is 8.23. The van der Waals surface area contributed by atoms with Crippen molar-refractivity contribution in [1.82, 2.24) is 10.2 Å². The second kappa shape index (κ2) is 6.12. The average molecular weight is 358 g/mol. The highest BCUT2D eigenvalue weighted by molar-refractivity contribution is 6.16. The molecule has 3 amide bonds. The van der Waals surface area contributed by atoms with Gasteiger partial charge in [-0.25, -0.2) is 9.79 Å². The first-order chi connectivity index (χ1) is 12.1. The Balaban J connectivity index is 1.91. The van der Waals surface area contributed by atoms with Crippen LogP contribution in [0.2, 0.25) is 0 Å². The van der Waals surface area contributed by atoms with E-state index < -0.39 is 29.2 Å². The van der Waals surface area contributed by atoms with E-state index in [1.165, 1.54) is 4.90 Å². The van der Waals surface area contributed by atoms with Crippen LogP contribution in [0.3, 0.4) is 0 Å². The maximum atomic E-state index is 12.6. The number of carbonyl (C=O) groups excluding carboxylic acids is 3. The number of hydrogen-bond donors (Lipinski definition) is 2. The zero-order chi connectivity index (χ0) is 19.1. The molecule has 0 bridgehead atoms. The summed E-state index contributed by atoms with van der Waals surface area (Å²) >= 11 is 0. The topological polar surface area (TPSA) is 114 Å². The van der Waals surface area contributed by atoms with E-state index in [0.29, 0.717) is 5.84 Å². The minimum Gasteiger partial charge on any atom is -0.444 e. The van der Waals surface area contributed by atoms with Gasteiger partial charge in [0.15, 0.2) is 5.54 Å². The van der Waals surface area contributed by atoms with Crippen molar-refractivity contribution in [2.75, 3.05) is 6.54 Å². The number of ether oxygens (including phenoxy) is 1. The Labute approximate surface area is 151 Å². The molecular formula is C18H22N4O4. The number of nitrogens with one attached hydrogen (secondary N) is 1. The van der Waals surface area contributed by atoms with Crippen LogP contribution >= 0.6 is 0 Å². The first kappa shape index (κ1) is 17.9. The standard InChI is InChI=1S/C18H22N4O4/c1-17(2,3)26-16(25)22-10-18(9-12(22)13(19)23)15(24)20-14(21-18)11-7-5-4-6-8-11/h4-8,12H,9-10H2,1-3H3,(H2,19,23)(H,20,21,24)/t12-,18+/m0/s1. The molecule has 0 aromatic heterocycles. The van der Waals surface area contributed by atoms with Crippen molar-refractivity contribution < 1.29 is 19.1 Å². The Hall–Kier alpha value is -2.90. The molecule has 26 heavy (non-hydrogen) atoms. The van der Waals surface area contributed by atoms with Crippen LogP contribution in [0, 0.1) is 0 Å². The Morgan fingerprint density at radius 1 is 1.31 bits per heavy atom. The summed E-state index contributed by atoms with van der Waals surface area (Å²) in [5.74, 6) is -0.623. The fourth-order valence-corrected chi connectivity index (χ4v) is 3.15. The third kappa shape index (κ3) is 3.26. The number of benzene rings is 1. The molecule has 2 atom stereocenters. The zero-order valence-electron chi connectivity index (χ0n) is 15.0. The molecule has 1 aromatic carbocycles. The van der Waals surface area contributed by atoms with Gasteiger partial charge in [-0.2, -0.15) is 0 Å². The van der Waals surface area contributed by atoms with E-state index in [0.717, 1.165) is 5.56 Å². The van der Waals surface area contributed by atoms with Gasteiger partial charge >= 0.3 is 6.09 Å². The monoisotopic (exact) mass is 358 g/mol. The first-order valence-corrected chi connectivity index (χ1v) is 8.37. The number of carbonyl (C=O) groups is 3. The second-order valence-corrected chi connectivity index (χ2v) is 7.54. The molecule has 3 N–H and O–H groups in total. The van der Waals surface area contributed by atoms with E-state index >= 15 is 0 Å². The SMILES string of the molecule is CC(C)(C)OC(=O)N1C[C@@]2(C[C@H]1C(N)=O)N=C(c1ccccc1)NC2=O. The number of nitrogens with zero attached hydrogens (tertiary/aromatic N) is 2. The highest BCUT2D eigenvalue weighted by atomic mass is 16.6. The third-order valence-electron chi connectivity index (χ3n) is 4.32. The first-order valence-electron chi connectivity index (χ1n) is 8.37. The minimum absolute atomic E-state index is 0.0315. The van der Waals surface area contributed by atoms with Gasteiger partial charge in [-0.1, -0.05) is 30.3 Å². The highest BCUT2D eigenvalue weighted by Crippen LogP contribution is 2.35. The zero-order valence-corrected chi connectivity index (χ0v) is 15.0. The van der Waals surface area contributed by atoms with Crippen molar-refractivity contribution in [2.24, 2.45) is 10.7 Å². The molecule has 1 saturated heterocycles. The lowest BCUT2D eigenvalue weighted by Crippen LogP contribution is -2.46. The normalized spacial score (nSPS) is 25.2. The Kier molecular flexibility index (Phi) is 4.21. The van der Waals surface area contributed by atoms with Gasteiger partial charge in [0.25, 0.3) is 5.91 Å². The lowest BCUT2D eigenvalue weighted by molar-refractivity contribution is -0.123. The molecule has 1 aromatic rings. The van der Waals surface area contributed by atoms with E-state index in [1.807, 2.05) is 30.3 Å². The Bertz CT molecular complexity index is 784. The largest absolute Gasteiger partial charge is 0.444 e. The van der Waals surface area contributed by atoms with Gasteiger partial charge < -0.3 is 15.8 Å². The van der Waals surface area contributed by atoms with Crippen LogP contribution in [0.1, 0.15) is 32.8 Å². The van der Waals surface area contributed by atoms with E-state index in [4.69, 9.17) is 10.5 Å². The number of amides is 3. The quantitative estimate of drug-likeness (QED) is 0.813. The molecule has 0 saturated carbocycles. The fourth-order valence-electron chi connectivity index (χ4n) is 3.15.